The molecular formula is C17H27N. The van der Waals surface area contributed by atoms with Gasteiger partial charge in [-0.05, 0) is 44.7 Å². The van der Waals surface area contributed by atoms with E-state index in [0.717, 1.165) is 5.92 Å². The zero-order chi connectivity index (χ0) is 12.8. The molecule has 1 aromatic carbocycles. The second kappa shape index (κ2) is 6.94. The van der Waals surface area contributed by atoms with Crippen LogP contribution in [0.25, 0.3) is 0 Å². The summed E-state index contributed by atoms with van der Waals surface area (Å²) < 4.78 is 0. The van der Waals surface area contributed by atoms with E-state index in [2.05, 4.69) is 43.6 Å². The van der Waals surface area contributed by atoms with Crippen LogP contribution in [0.3, 0.4) is 0 Å². The van der Waals surface area contributed by atoms with Crippen molar-refractivity contribution in [2.75, 3.05) is 7.05 Å². The minimum atomic E-state index is 0.703. The van der Waals surface area contributed by atoms with E-state index in [1.165, 1.54) is 56.1 Å². The SMILES string of the molecule is CNC(CCc1ccc(C)cc1)CC1CCCC1. The maximum Gasteiger partial charge on any atom is 0.00698 e. The summed E-state index contributed by atoms with van der Waals surface area (Å²) in [5.74, 6) is 0.987. The Labute approximate surface area is 112 Å². The summed E-state index contributed by atoms with van der Waals surface area (Å²) >= 11 is 0. The standard InChI is InChI=1S/C17H27N/c1-14-7-9-15(10-8-14)11-12-17(18-2)13-16-5-3-4-6-16/h7-10,16-18H,3-6,11-13H2,1-2H3. The highest BCUT2D eigenvalue weighted by atomic mass is 14.9. The summed E-state index contributed by atoms with van der Waals surface area (Å²) in [5, 5.41) is 3.51. The molecule has 100 valence electrons. The van der Waals surface area contributed by atoms with Gasteiger partial charge in [0.15, 0.2) is 0 Å². The number of nitrogens with one attached hydrogen (secondary N) is 1. The molecule has 1 nitrogen and oxygen atoms in total. The lowest BCUT2D eigenvalue weighted by Crippen LogP contribution is -2.28. The molecule has 1 aliphatic carbocycles. The van der Waals surface area contributed by atoms with Crippen molar-refractivity contribution in [3.05, 3.63) is 35.4 Å². The predicted octanol–water partition coefficient (Wildman–Crippen LogP) is 4.10. The molecule has 1 saturated carbocycles. The molecule has 2 rings (SSSR count). The lowest BCUT2D eigenvalue weighted by molar-refractivity contribution is 0.388. The molecule has 1 N–H and O–H groups in total. The summed E-state index contributed by atoms with van der Waals surface area (Å²) in [6.45, 7) is 2.15. The second-order valence-electron chi connectivity index (χ2n) is 5.90. The van der Waals surface area contributed by atoms with Gasteiger partial charge in [0.2, 0.25) is 0 Å². The highest BCUT2D eigenvalue weighted by molar-refractivity contribution is 5.21. The normalized spacial score (nSPS) is 18.1. The fraction of sp³-hybridized carbons (Fsp3) is 0.647. The Bertz CT molecular complexity index is 335. The molecule has 1 unspecified atom stereocenters. The van der Waals surface area contributed by atoms with Crippen LogP contribution in [0, 0.1) is 12.8 Å². The maximum atomic E-state index is 3.51. The van der Waals surface area contributed by atoms with Crippen molar-refractivity contribution < 1.29 is 0 Å². The molecule has 0 heterocycles. The summed E-state index contributed by atoms with van der Waals surface area (Å²) in [4.78, 5) is 0. The van der Waals surface area contributed by atoms with Crippen LogP contribution in [-0.4, -0.2) is 13.1 Å². The topological polar surface area (TPSA) is 12.0 Å². The van der Waals surface area contributed by atoms with Crippen molar-refractivity contribution >= 4 is 0 Å². The van der Waals surface area contributed by atoms with E-state index in [4.69, 9.17) is 0 Å². The fourth-order valence-corrected chi connectivity index (χ4v) is 3.12. The number of hydrogen-bond donors (Lipinski definition) is 1. The van der Waals surface area contributed by atoms with E-state index in [-0.39, 0.29) is 0 Å². The van der Waals surface area contributed by atoms with Gasteiger partial charge in [0.1, 0.15) is 0 Å². The average Bonchev–Trinajstić information content (AvgIpc) is 2.89. The van der Waals surface area contributed by atoms with Crippen molar-refractivity contribution in [3.8, 4) is 0 Å². The van der Waals surface area contributed by atoms with Gasteiger partial charge < -0.3 is 5.32 Å². The summed E-state index contributed by atoms with van der Waals surface area (Å²) in [7, 11) is 2.12. The van der Waals surface area contributed by atoms with E-state index in [1.807, 2.05) is 0 Å². The Morgan fingerprint density at radius 2 is 1.83 bits per heavy atom. The Balaban J connectivity index is 1.77. The molecule has 1 atom stereocenters. The molecule has 0 saturated heterocycles. The molecule has 18 heavy (non-hydrogen) atoms. The van der Waals surface area contributed by atoms with Crippen LogP contribution in [0.2, 0.25) is 0 Å². The average molecular weight is 245 g/mol. The van der Waals surface area contributed by atoms with Crippen molar-refractivity contribution in [1.29, 1.82) is 0 Å². The van der Waals surface area contributed by atoms with Crippen molar-refractivity contribution in [1.82, 2.24) is 5.32 Å². The second-order valence-corrected chi connectivity index (χ2v) is 5.90. The molecule has 0 amide bonds. The highest BCUT2D eigenvalue weighted by Gasteiger charge is 2.18. The molecule has 0 aliphatic heterocycles. The quantitative estimate of drug-likeness (QED) is 0.796. The molecule has 1 heteroatoms. The Kier molecular flexibility index (Phi) is 5.25. The van der Waals surface area contributed by atoms with Crippen LogP contribution in [0.5, 0.6) is 0 Å². The first-order valence-electron chi connectivity index (χ1n) is 7.50. The van der Waals surface area contributed by atoms with Gasteiger partial charge in [-0.1, -0.05) is 55.5 Å². The van der Waals surface area contributed by atoms with Crippen LogP contribution in [0.1, 0.15) is 49.7 Å². The monoisotopic (exact) mass is 245 g/mol. The number of rotatable bonds is 6. The Morgan fingerprint density at radius 3 is 2.44 bits per heavy atom. The van der Waals surface area contributed by atoms with Gasteiger partial charge in [-0.25, -0.2) is 0 Å². The molecule has 0 aromatic heterocycles. The summed E-state index contributed by atoms with van der Waals surface area (Å²) in [6, 6.07) is 9.70. The van der Waals surface area contributed by atoms with Gasteiger partial charge in [-0.3, -0.25) is 0 Å². The van der Waals surface area contributed by atoms with Crippen LogP contribution in [0.4, 0.5) is 0 Å². The summed E-state index contributed by atoms with van der Waals surface area (Å²) in [5.41, 5.74) is 2.84. The van der Waals surface area contributed by atoms with Gasteiger partial charge in [-0.2, -0.15) is 0 Å². The third kappa shape index (κ3) is 4.13. The van der Waals surface area contributed by atoms with Crippen LogP contribution >= 0.6 is 0 Å². The molecule has 1 fully saturated rings. The van der Waals surface area contributed by atoms with Gasteiger partial charge in [0.05, 0.1) is 0 Å². The predicted molar refractivity (Wildman–Crippen MR) is 78.9 cm³/mol. The Morgan fingerprint density at radius 1 is 1.17 bits per heavy atom. The number of aryl methyl sites for hydroxylation is 2. The van der Waals surface area contributed by atoms with Gasteiger partial charge in [0.25, 0.3) is 0 Å². The lowest BCUT2D eigenvalue weighted by Gasteiger charge is -2.20. The van der Waals surface area contributed by atoms with Crippen molar-refractivity contribution in [2.24, 2.45) is 5.92 Å². The minimum Gasteiger partial charge on any atom is -0.317 e. The first-order valence-corrected chi connectivity index (χ1v) is 7.50. The Hall–Kier alpha value is -0.820. The molecule has 0 bridgehead atoms. The van der Waals surface area contributed by atoms with Crippen LogP contribution < -0.4 is 5.32 Å². The molecule has 0 radical (unpaired) electrons. The first-order chi connectivity index (χ1) is 8.78. The number of benzene rings is 1. The minimum absolute atomic E-state index is 0.703. The smallest absolute Gasteiger partial charge is 0.00698 e. The van der Waals surface area contributed by atoms with Crippen molar-refractivity contribution in [3.63, 3.8) is 0 Å². The van der Waals surface area contributed by atoms with E-state index in [1.54, 1.807) is 0 Å². The van der Waals surface area contributed by atoms with Crippen LogP contribution in [0.15, 0.2) is 24.3 Å². The molecular weight excluding hydrogens is 218 g/mol. The zero-order valence-corrected chi connectivity index (χ0v) is 11.9. The summed E-state index contributed by atoms with van der Waals surface area (Å²) in [6.07, 6.45) is 9.69. The van der Waals surface area contributed by atoms with E-state index < -0.39 is 0 Å². The van der Waals surface area contributed by atoms with Crippen LogP contribution in [-0.2, 0) is 6.42 Å². The third-order valence-electron chi connectivity index (χ3n) is 4.40. The first kappa shape index (κ1) is 13.6. The number of hydrogen-bond acceptors (Lipinski definition) is 1. The largest absolute Gasteiger partial charge is 0.317 e. The molecule has 1 aliphatic rings. The maximum absolute atomic E-state index is 3.51. The van der Waals surface area contributed by atoms with Gasteiger partial charge >= 0.3 is 0 Å². The zero-order valence-electron chi connectivity index (χ0n) is 11.9. The highest BCUT2D eigenvalue weighted by Crippen LogP contribution is 2.29. The fourth-order valence-electron chi connectivity index (χ4n) is 3.12. The van der Waals surface area contributed by atoms with E-state index >= 15 is 0 Å². The van der Waals surface area contributed by atoms with E-state index in [0.29, 0.717) is 6.04 Å². The molecule has 1 aromatic rings. The molecule has 0 spiro atoms. The third-order valence-corrected chi connectivity index (χ3v) is 4.40. The van der Waals surface area contributed by atoms with E-state index in [9.17, 15) is 0 Å². The van der Waals surface area contributed by atoms with Gasteiger partial charge in [-0.15, -0.1) is 0 Å². The van der Waals surface area contributed by atoms with Gasteiger partial charge in [0, 0.05) is 6.04 Å². The lowest BCUT2D eigenvalue weighted by atomic mass is 9.94. The van der Waals surface area contributed by atoms with Crippen molar-refractivity contribution in [2.45, 2.75) is 57.9 Å².